The third-order valence-electron chi connectivity index (χ3n) is 2.89. The monoisotopic (exact) mass is 275 g/mol. The van der Waals surface area contributed by atoms with Gasteiger partial charge in [-0.25, -0.2) is 14.8 Å². The van der Waals surface area contributed by atoms with Crippen LogP contribution in [0.5, 0.6) is 0 Å². The van der Waals surface area contributed by atoms with Crippen LogP contribution < -0.4 is 4.90 Å². The molecule has 0 amide bonds. The van der Waals surface area contributed by atoms with E-state index in [1.54, 1.807) is 30.5 Å². The summed E-state index contributed by atoms with van der Waals surface area (Å²) < 4.78 is 5.26. The highest BCUT2D eigenvalue weighted by Crippen LogP contribution is 2.21. The Morgan fingerprint density at radius 3 is 2.80 bits per heavy atom. The molecule has 6 heteroatoms. The van der Waals surface area contributed by atoms with Gasteiger partial charge in [-0.1, -0.05) is 13.8 Å². The second-order valence-electron chi connectivity index (χ2n) is 4.86. The SMILES string of the molecule is CC(C)c1ncc(N(C)Cc2ccco2)c(C(=O)O)n1. The lowest BCUT2D eigenvalue weighted by molar-refractivity contribution is 0.0690. The molecule has 0 bridgehead atoms. The molecule has 2 rings (SSSR count). The predicted molar refractivity (Wildman–Crippen MR) is 73.9 cm³/mol. The zero-order valence-corrected chi connectivity index (χ0v) is 11.7. The van der Waals surface area contributed by atoms with Crippen LogP contribution in [0.3, 0.4) is 0 Å². The molecule has 0 aromatic carbocycles. The summed E-state index contributed by atoms with van der Waals surface area (Å²) in [5.74, 6) is 0.294. The Balaban J connectivity index is 2.32. The van der Waals surface area contributed by atoms with Gasteiger partial charge in [0.25, 0.3) is 0 Å². The van der Waals surface area contributed by atoms with Gasteiger partial charge in [-0.05, 0) is 12.1 Å². The number of carboxylic acid groups (broad SMARTS) is 1. The third kappa shape index (κ3) is 2.96. The first-order chi connectivity index (χ1) is 9.49. The van der Waals surface area contributed by atoms with E-state index >= 15 is 0 Å². The Labute approximate surface area is 117 Å². The number of carbonyl (C=O) groups is 1. The zero-order valence-electron chi connectivity index (χ0n) is 11.7. The maximum atomic E-state index is 11.4. The topological polar surface area (TPSA) is 79.5 Å². The molecular weight excluding hydrogens is 258 g/mol. The molecule has 0 fully saturated rings. The van der Waals surface area contributed by atoms with Crippen molar-refractivity contribution in [3.05, 3.63) is 41.9 Å². The molecule has 0 saturated heterocycles. The molecule has 0 saturated carbocycles. The summed E-state index contributed by atoms with van der Waals surface area (Å²) in [6.07, 6.45) is 3.13. The molecule has 0 aliphatic rings. The summed E-state index contributed by atoms with van der Waals surface area (Å²) in [6.45, 7) is 4.30. The number of aromatic carboxylic acids is 1. The van der Waals surface area contributed by atoms with Crippen LogP contribution >= 0.6 is 0 Å². The summed E-state index contributed by atoms with van der Waals surface area (Å²) >= 11 is 0. The Morgan fingerprint density at radius 1 is 1.50 bits per heavy atom. The van der Waals surface area contributed by atoms with Crippen molar-refractivity contribution in [3.8, 4) is 0 Å². The number of rotatable bonds is 5. The Morgan fingerprint density at radius 2 is 2.25 bits per heavy atom. The van der Waals surface area contributed by atoms with Gasteiger partial charge in [0.2, 0.25) is 0 Å². The molecule has 20 heavy (non-hydrogen) atoms. The summed E-state index contributed by atoms with van der Waals surface area (Å²) in [4.78, 5) is 21.5. The van der Waals surface area contributed by atoms with E-state index < -0.39 is 5.97 Å². The minimum Gasteiger partial charge on any atom is -0.476 e. The van der Waals surface area contributed by atoms with Gasteiger partial charge >= 0.3 is 5.97 Å². The quantitative estimate of drug-likeness (QED) is 0.903. The molecule has 6 nitrogen and oxygen atoms in total. The minimum absolute atomic E-state index is 0.0118. The normalized spacial score (nSPS) is 10.8. The van der Waals surface area contributed by atoms with Crippen molar-refractivity contribution in [2.24, 2.45) is 0 Å². The number of nitrogens with zero attached hydrogens (tertiary/aromatic N) is 3. The zero-order chi connectivity index (χ0) is 14.7. The van der Waals surface area contributed by atoms with E-state index in [1.807, 2.05) is 19.9 Å². The predicted octanol–water partition coefficient (Wildman–Crippen LogP) is 2.53. The standard InChI is InChI=1S/C14H17N3O3/c1-9(2)13-15-7-11(12(16-13)14(18)19)17(3)8-10-5-4-6-20-10/h4-7,9H,8H2,1-3H3,(H,18,19). The fourth-order valence-corrected chi connectivity index (χ4v) is 1.83. The molecule has 0 radical (unpaired) electrons. The van der Waals surface area contributed by atoms with Crippen LogP contribution in [0.2, 0.25) is 0 Å². The molecule has 106 valence electrons. The third-order valence-corrected chi connectivity index (χ3v) is 2.89. The van der Waals surface area contributed by atoms with E-state index in [1.165, 1.54) is 0 Å². The van der Waals surface area contributed by atoms with Crippen LogP contribution in [0.15, 0.2) is 29.0 Å². The molecule has 1 N–H and O–H groups in total. The molecule has 2 aromatic rings. The van der Waals surface area contributed by atoms with Gasteiger partial charge in [-0.15, -0.1) is 0 Å². The Hall–Kier alpha value is -2.37. The number of hydrogen-bond acceptors (Lipinski definition) is 5. The summed E-state index contributed by atoms with van der Waals surface area (Å²) in [6, 6.07) is 3.62. The van der Waals surface area contributed by atoms with Crippen LogP contribution in [0.4, 0.5) is 5.69 Å². The molecule has 2 heterocycles. The summed E-state index contributed by atoms with van der Waals surface area (Å²) in [5.41, 5.74) is 0.482. The van der Waals surface area contributed by atoms with Crippen molar-refractivity contribution in [3.63, 3.8) is 0 Å². The molecular formula is C14H17N3O3. The van der Waals surface area contributed by atoms with Crippen LogP contribution in [0, 0.1) is 0 Å². The van der Waals surface area contributed by atoms with Crippen molar-refractivity contribution in [1.29, 1.82) is 0 Å². The average molecular weight is 275 g/mol. The van der Waals surface area contributed by atoms with Gasteiger partial charge < -0.3 is 14.4 Å². The maximum Gasteiger partial charge on any atom is 0.356 e. The molecule has 2 aromatic heterocycles. The van der Waals surface area contributed by atoms with Gasteiger partial charge in [0.1, 0.15) is 11.6 Å². The highest BCUT2D eigenvalue weighted by Gasteiger charge is 2.19. The number of carboxylic acids is 1. The van der Waals surface area contributed by atoms with Crippen molar-refractivity contribution in [1.82, 2.24) is 9.97 Å². The van der Waals surface area contributed by atoms with Crippen molar-refractivity contribution in [2.45, 2.75) is 26.3 Å². The van der Waals surface area contributed by atoms with E-state index in [2.05, 4.69) is 9.97 Å². The number of aromatic nitrogens is 2. The van der Waals surface area contributed by atoms with E-state index in [9.17, 15) is 9.90 Å². The number of hydrogen-bond donors (Lipinski definition) is 1. The van der Waals surface area contributed by atoms with Crippen LogP contribution in [-0.4, -0.2) is 28.1 Å². The fourth-order valence-electron chi connectivity index (χ4n) is 1.83. The molecule has 0 unspecified atom stereocenters. The summed E-state index contributed by atoms with van der Waals surface area (Å²) in [5, 5.41) is 9.31. The highest BCUT2D eigenvalue weighted by molar-refractivity contribution is 5.91. The maximum absolute atomic E-state index is 11.4. The van der Waals surface area contributed by atoms with E-state index in [-0.39, 0.29) is 11.6 Å². The minimum atomic E-state index is -1.06. The molecule has 0 aliphatic carbocycles. The van der Waals surface area contributed by atoms with Crippen molar-refractivity contribution in [2.75, 3.05) is 11.9 Å². The smallest absolute Gasteiger partial charge is 0.356 e. The average Bonchev–Trinajstić information content (AvgIpc) is 2.90. The first kappa shape index (κ1) is 14.0. The van der Waals surface area contributed by atoms with Gasteiger partial charge in [-0.3, -0.25) is 0 Å². The molecule has 0 aliphatic heterocycles. The van der Waals surface area contributed by atoms with Gasteiger partial charge in [0.15, 0.2) is 5.69 Å². The summed E-state index contributed by atoms with van der Waals surface area (Å²) in [7, 11) is 1.78. The number of furan rings is 1. The van der Waals surface area contributed by atoms with E-state index in [4.69, 9.17) is 4.42 Å². The number of anilines is 1. The Bertz CT molecular complexity index is 594. The van der Waals surface area contributed by atoms with Gasteiger partial charge in [0.05, 0.1) is 24.7 Å². The van der Waals surface area contributed by atoms with Crippen molar-refractivity contribution >= 4 is 11.7 Å². The second kappa shape index (κ2) is 5.73. The fraction of sp³-hybridized carbons (Fsp3) is 0.357. The van der Waals surface area contributed by atoms with Crippen LogP contribution in [0.1, 0.15) is 41.8 Å². The lowest BCUT2D eigenvalue weighted by Gasteiger charge is -2.19. The lowest BCUT2D eigenvalue weighted by Crippen LogP contribution is -2.21. The molecule has 0 atom stereocenters. The van der Waals surface area contributed by atoms with Gasteiger partial charge in [-0.2, -0.15) is 0 Å². The van der Waals surface area contributed by atoms with Gasteiger partial charge in [0, 0.05) is 13.0 Å². The molecule has 0 spiro atoms. The lowest BCUT2D eigenvalue weighted by atomic mass is 10.2. The van der Waals surface area contributed by atoms with Crippen molar-refractivity contribution < 1.29 is 14.3 Å². The highest BCUT2D eigenvalue weighted by atomic mass is 16.4. The first-order valence-corrected chi connectivity index (χ1v) is 6.32. The first-order valence-electron chi connectivity index (χ1n) is 6.32. The van der Waals surface area contributed by atoms with Crippen LogP contribution in [-0.2, 0) is 6.54 Å². The largest absolute Gasteiger partial charge is 0.476 e. The van der Waals surface area contributed by atoms with E-state index in [0.29, 0.717) is 18.1 Å². The van der Waals surface area contributed by atoms with E-state index in [0.717, 1.165) is 5.76 Å². The van der Waals surface area contributed by atoms with Crippen LogP contribution in [0.25, 0.3) is 0 Å². The Kier molecular flexibility index (Phi) is 4.02. The second-order valence-corrected chi connectivity index (χ2v) is 4.86.